The minimum atomic E-state index is -0.485. The van der Waals surface area contributed by atoms with Crippen molar-refractivity contribution < 1.29 is 14.3 Å². The molecule has 1 aromatic carbocycles. The Balaban J connectivity index is 1.50. The number of methoxy groups -OCH3 is 1. The Morgan fingerprint density at radius 2 is 1.91 bits per heavy atom. The summed E-state index contributed by atoms with van der Waals surface area (Å²) in [6, 6.07) is 11.7. The van der Waals surface area contributed by atoms with E-state index in [9.17, 15) is 9.59 Å². The van der Waals surface area contributed by atoms with Crippen LogP contribution >= 0.6 is 34.4 Å². The van der Waals surface area contributed by atoms with Gasteiger partial charge in [-0.1, -0.05) is 49.0 Å². The van der Waals surface area contributed by atoms with Crippen LogP contribution in [0.3, 0.4) is 0 Å². The Hall–Kier alpha value is -2.95. The van der Waals surface area contributed by atoms with E-state index in [4.69, 9.17) is 4.74 Å². The number of aryl methyl sites for hydroxylation is 1. The molecule has 3 heterocycles. The van der Waals surface area contributed by atoms with Gasteiger partial charge in [-0.2, -0.15) is 0 Å². The van der Waals surface area contributed by atoms with E-state index in [2.05, 4.69) is 45.4 Å². The SMILES string of the molecule is CCCn1c(SCC(=O)Nc2scc(-c3ccccc3)c2C(=O)OC)nnc1-c1csc(C)c1. The number of amides is 1. The number of ether oxygens (including phenoxy) is 1. The molecule has 0 radical (unpaired) electrons. The number of esters is 1. The van der Waals surface area contributed by atoms with E-state index in [-0.39, 0.29) is 11.7 Å². The molecule has 10 heteroatoms. The summed E-state index contributed by atoms with van der Waals surface area (Å²) in [5.74, 6) is 0.244. The van der Waals surface area contributed by atoms with Gasteiger partial charge in [0.05, 0.1) is 12.9 Å². The van der Waals surface area contributed by atoms with Gasteiger partial charge in [-0.3, -0.25) is 4.79 Å². The summed E-state index contributed by atoms with van der Waals surface area (Å²) in [6.07, 6.45) is 0.924. The number of aromatic nitrogens is 3. The number of rotatable bonds is 9. The van der Waals surface area contributed by atoms with Gasteiger partial charge in [-0.25, -0.2) is 4.79 Å². The highest BCUT2D eigenvalue weighted by Crippen LogP contribution is 2.36. The van der Waals surface area contributed by atoms with Gasteiger partial charge in [0.2, 0.25) is 5.91 Å². The Morgan fingerprint density at radius 1 is 1.12 bits per heavy atom. The number of anilines is 1. The zero-order valence-electron chi connectivity index (χ0n) is 19.0. The van der Waals surface area contributed by atoms with Crippen LogP contribution in [0.4, 0.5) is 5.00 Å². The second-order valence-electron chi connectivity index (χ2n) is 7.45. The summed E-state index contributed by atoms with van der Waals surface area (Å²) in [5.41, 5.74) is 3.02. The number of thioether (sulfide) groups is 1. The second-order valence-corrected chi connectivity index (χ2v) is 10.4. The number of thiophene rings is 2. The van der Waals surface area contributed by atoms with Crippen molar-refractivity contribution in [2.45, 2.75) is 32.0 Å². The van der Waals surface area contributed by atoms with Gasteiger partial charge in [-0.15, -0.1) is 32.9 Å². The molecule has 34 heavy (non-hydrogen) atoms. The zero-order valence-corrected chi connectivity index (χ0v) is 21.5. The van der Waals surface area contributed by atoms with E-state index < -0.39 is 5.97 Å². The van der Waals surface area contributed by atoms with Gasteiger partial charge in [-0.05, 0) is 25.0 Å². The van der Waals surface area contributed by atoms with E-state index >= 15 is 0 Å². The van der Waals surface area contributed by atoms with Gasteiger partial charge < -0.3 is 14.6 Å². The largest absolute Gasteiger partial charge is 0.465 e. The van der Waals surface area contributed by atoms with Gasteiger partial charge in [0, 0.05) is 33.3 Å². The van der Waals surface area contributed by atoms with Gasteiger partial charge in [0.1, 0.15) is 10.6 Å². The van der Waals surface area contributed by atoms with Crippen LogP contribution in [0.2, 0.25) is 0 Å². The molecule has 0 bridgehead atoms. The summed E-state index contributed by atoms with van der Waals surface area (Å²) in [6.45, 7) is 4.92. The average Bonchev–Trinajstić information content (AvgIpc) is 3.56. The highest BCUT2D eigenvalue weighted by Gasteiger charge is 2.23. The standard InChI is InChI=1S/C24H24N4O3S3/c1-4-10-28-21(17-11-15(2)32-12-17)26-27-24(28)34-14-19(29)25-22-20(23(30)31-3)18(13-33-22)16-8-6-5-7-9-16/h5-9,11-13H,4,10,14H2,1-3H3,(H,25,29). The van der Waals surface area contributed by atoms with E-state index in [1.54, 1.807) is 11.3 Å². The first-order chi connectivity index (χ1) is 16.5. The van der Waals surface area contributed by atoms with Crippen LogP contribution in [0.1, 0.15) is 28.6 Å². The number of carbonyl (C=O) groups is 2. The molecule has 176 valence electrons. The van der Waals surface area contributed by atoms with Crippen molar-refractivity contribution in [2.75, 3.05) is 18.2 Å². The Labute approximate surface area is 210 Å². The lowest BCUT2D eigenvalue weighted by atomic mass is 10.0. The van der Waals surface area contributed by atoms with Crippen LogP contribution in [-0.2, 0) is 16.1 Å². The molecule has 0 atom stereocenters. The minimum Gasteiger partial charge on any atom is -0.465 e. The molecule has 7 nitrogen and oxygen atoms in total. The molecule has 3 aromatic heterocycles. The molecule has 4 rings (SSSR count). The molecule has 0 saturated heterocycles. The highest BCUT2D eigenvalue weighted by molar-refractivity contribution is 7.99. The number of benzene rings is 1. The Kier molecular flexibility index (Phi) is 7.81. The van der Waals surface area contributed by atoms with E-state index in [0.29, 0.717) is 15.7 Å². The number of hydrogen-bond acceptors (Lipinski definition) is 8. The molecule has 0 unspecified atom stereocenters. The predicted octanol–water partition coefficient (Wildman–Crippen LogP) is 5.97. The van der Waals surface area contributed by atoms with Crippen LogP contribution in [0.5, 0.6) is 0 Å². The monoisotopic (exact) mass is 512 g/mol. The summed E-state index contributed by atoms with van der Waals surface area (Å²) in [7, 11) is 1.34. The summed E-state index contributed by atoms with van der Waals surface area (Å²) in [5, 5.41) is 16.7. The molecule has 0 spiro atoms. The first-order valence-electron chi connectivity index (χ1n) is 10.7. The van der Waals surface area contributed by atoms with Crippen molar-refractivity contribution in [2.24, 2.45) is 0 Å². The summed E-state index contributed by atoms with van der Waals surface area (Å²) < 4.78 is 7.04. The molecule has 0 aliphatic rings. The Morgan fingerprint density at radius 3 is 2.59 bits per heavy atom. The quantitative estimate of drug-likeness (QED) is 0.220. The summed E-state index contributed by atoms with van der Waals surface area (Å²) >= 11 is 4.31. The average molecular weight is 513 g/mol. The number of nitrogens with zero attached hydrogens (tertiary/aromatic N) is 3. The van der Waals surface area contributed by atoms with Crippen LogP contribution in [0.25, 0.3) is 22.5 Å². The maximum atomic E-state index is 12.8. The van der Waals surface area contributed by atoms with Crippen molar-refractivity contribution in [1.82, 2.24) is 14.8 Å². The van der Waals surface area contributed by atoms with Crippen molar-refractivity contribution in [1.29, 1.82) is 0 Å². The number of carbonyl (C=O) groups excluding carboxylic acids is 2. The first kappa shape index (κ1) is 24.2. The van der Waals surface area contributed by atoms with Crippen molar-refractivity contribution in [3.05, 3.63) is 57.6 Å². The van der Waals surface area contributed by atoms with Gasteiger partial charge >= 0.3 is 5.97 Å². The lowest BCUT2D eigenvalue weighted by molar-refractivity contribution is -0.113. The fraction of sp³-hybridized carbons (Fsp3) is 0.250. The second kappa shape index (κ2) is 11.0. The van der Waals surface area contributed by atoms with Crippen molar-refractivity contribution >= 4 is 51.3 Å². The topological polar surface area (TPSA) is 86.1 Å². The Bertz CT molecular complexity index is 1290. The molecule has 1 N–H and O–H groups in total. The molecular formula is C24H24N4O3S3. The fourth-order valence-electron chi connectivity index (χ4n) is 3.47. The normalized spacial score (nSPS) is 10.9. The number of hydrogen-bond donors (Lipinski definition) is 1. The van der Waals surface area contributed by atoms with Crippen LogP contribution in [0.15, 0.2) is 52.3 Å². The zero-order chi connectivity index (χ0) is 24.1. The third-order valence-electron chi connectivity index (χ3n) is 5.00. The first-order valence-corrected chi connectivity index (χ1v) is 13.4. The lowest BCUT2D eigenvalue weighted by Gasteiger charge is -2.09. The maximum absolute atomic E-state index is 12.8. The smallest absolute Gasteiger partial charge is 0.341 e. The molecule has 4 aromatic rings. The molecule has 0 aliphatic carbocycles. The van der Waals surface area contributed by atoms with Gasteiger partial charge in [0.25, 0.3) is 0 Å². The summed E-state index contributed by atoms with van der Waals surface area (Å²) in [4.78, 5) is 26.5. The van der Waals surface area contributed by atoms with Crippen molar-refractivity contribution in [3.63, 3.8) is 0 Å². The molecule has 0 fully saturated rings. The fourth-order valence-corrected chi connectivity index (χ4v) is 5.89. The number of nitrogens with one attached hydrogen (secondary N) is 1. The van der Waals surface area contributed by atoms with Gasteiger partial charge in [0.15, 0.2) is 11.0 Å². The third kappa shape index (κ3) is 5.24. The van der Waals surface area contributed by atoms with E-state index in [1.807, 2.05) is 35.7 Å². The maximum Gasteiger partial charge on any atom is 0.341 e. The molecule has 0 saturated carbocycles. The predicted molar refractivity (Wildman–Crippen MR) is 139 cm³/mol. The lowest BCUT2D eigenvalue weighted by Crippen LogP contribution is -2.16. The van der Waals surface area contributed by atoms with Crippen molar-refractivity contribution in [3.8, 4) is 22.5 Å². The highest BCUT2D eigenvalue weighted by atomic mass is 32.2. The molecular weight excluding hydrogens is 488 g/mol. The van der Waals surface area contributed by atoms with E-state index in [0.717, 1.165) is 35.5 Å². The molecule has 1 amide bonds. The van der Waals surface area contributed by atoms with Crippen LogP contribution < -0.4 is 5.32 Å². The minimum absolute atomic E-state index is 0.143. The third-order valence-corrected chi connectivity index (χ3v) is 7.73. The van der Waals surface area contributed by atoms with Crippen LogP contribution in [-0.4, -0.2) is 39.5 Å². The van der Waals surface area contributed by atoms with Crippen LogP contribution in [0, 0.1) is 6.92 Å². The van der Waals surface area contributed by atoms with E-state index in [1.165, 1.54) is 35.1 Å². The molecule has 0 aliphatic heterocycles.